The summed E-state index contributed by atoms with van der Waals surface area (Å²) < 4.78 is 0. The van der Waals surface area contributed by atoms with Gasteiger partial charge in [0.15, 0.2) is 5.75 Å². The van der Waals surface area contributed by atoms with E-state index in [0.717, 1.165) is 0 Å². The zero-order chi connectivity index (χ0) is 13.7. The number of aliphatic hydroxyl groups excluding tert-OH is 1. The second-order valence-electron chi connectivity index (χ2n) is 3.96. The van der Waals surface area contributed by atoms with Crippen LogP contribution in [0.5, 0.6) is 5.75 Å². The van der Waals surface area contributed by atoms with Crippen LogP contribution in [0.15, 0.2) is 18.2 Å². The summed E-state index contributed by atoms with van der Waals surface area (Å²) in [5.41, 5.74) is 5.83. The summed E-state index contributed by atoms with van der Waals surface area (Å²) in [5.74, 6) is -0.619. The van der Waals surface area contributed by atoms with Crippen LogP contribution in [0.25, 0.3) is 0 Å². The molecule has 0 aromatic heterocycles. The molecule has 1 amide bonds. The number of phenolic OH excluding ortho intramolecular Hbond substituents is 1. The molecule has 0 radical (unpaired) electrons. The number of hydrogen-bond acceptors (Lipinski definition) is 5. The average molecular weight is 270 g/mol. The van der Waals surface area contributed by atoms with Crippen molar-refractivity contribution in [3.63, 3.8) is 0 Å². The van der Waals surface area contributed by atoms with Crippen LogP contribution >= 0.6 is 11.8 Å². The van der Waals surface area contributed by atoms with Crippen LogP contribution in [0.1, 0.15) is 17.3 Å². The van der Waals surface area contributed by atoms with E-state index < -0.39 is 5.91 Å². The molecule has 1 aromatic carbocycles. The van der Waals surface area contributed by atoms with Gasteiger partial charge in [-0.3, -0.25) is 4.79 Å². The van der Waals surface area contributed by atoms with E-state index in [-0.39, 0.29) is 34.9 Å². The van der Waals surface area contributed by atoms with Gasteiger partial charge in [-0.1, -0.05) is 6.07 Å². The summed E-state index contributed by atoms with van der Waals surface area (Å²) >= 11 is 1.47. The molecule has 0 heterocycles. The van der Waals surface area contributed by atoms with Gasteiger partial charge in [0.1, 0.15) is 0 Å². The Morgan fingerprint density at radius 3 is 2.78 bits per heavy atom. The molecule has 18 heavy (non-hydrogen) atoms. The van der Waals surface area contributed by atoms with Gasteiger partial charge in [-0.15, -0.1) is 0 Å². The topological polar surface area (TPSA) is 95.6 Å². The number of carbonyl (C=O) groups is 1. The number of rotatable bonds is 5. The first-order valence-corrected chi connectivity index (χ1v) is 6.82. The summed E-state index contributed by atoms with van der Waals surface area (Å²) in [5, 5.41) is 21.5. The molecular weight excluding hydrogens is 252 g/mol. The van der Waals surface area contributed by atoms with Gasteiger partial charge < -0.3 is 21.3 Å². The van der Waals surface area contributed by atoms with Crippen molar-refractivity contribution < 1.29 is 15.0 Å². The maximum atomic E-state index is 11.9. The van der Waals surface area contributed by atoms with Crippen molar-refractivity contribution in [3.05, 3.63) is 23.8 Å². The largest absolute Gasteiger partial charge is 0.505 e. The lowest BCUT2D eigenvalue weighted by atomic mass is 10.1. The Labute approximate surface area is 110 Å². The monoisotopic (exact) mass is 270 g/mol. The van der Waals surface area contributed by atoms with Gasteiger partial charge in [-0.05, 0) is 25.3 Å². The van der Waals surface area contributed by atoms with E-state index in [1.165, 1.54) is 23.9 Å². The van der Waals surface area contributed by atoms with E-state index in [9.17, 15) is 9.90 Å². The lowest BCUT2D eigenvalue weighted by Crippen LogP contribution is -2.41. The van der Waals surface area contributed by atoms with Gasteiger partial charge in [0.05, 0.1) is 17.9 Å². The van der Waals surface area contributed by atoms with E-state index in [1.54, 1.807) is 13.0 Å². The Morgan fingerprint density at radius 1 is 1.56 bits per heavy atom. The molecule has 0 aliphatic heterocycles. The molecule has 0 aliphatic rings. The van der Waals surface area contributed by atoms with E-state index >= 15 is 0 Å². The highest BCUT2D eigenvalue weighted by atomic mass is 32.2. The molecule has 5 nitrogen and oxygen atoms in total. The van der Waals surface area contributed by atoms with Crippen molar-refractivity contribution in [2.45, 2.75) is 18.2 Å². The van der Waals surface area contributed by atoms with Gasteiger partial charge in [0.25, 0.3) is 5.91 Å². The second-order valence-corrected chi connectivity index (χ2v) is 5.04. The molecule has 0 bridgehead atoms. The van der Waals surface area contributed by atoms with Gasteiger partial charge in [0, 0.05) is 11.3 Å². The quantitative estimate of drug-likeness (QED) is 0.469. The third-order valence-electron chi connectivity index (χ3n) is 2.71. The normalized spacial score (nSPS) is 13.9. The summed E-state index contributed by atoms with van der Waals surface area (Å²) in [4.78, 5) is 11.9. The van der Waals surface area contributed by atoms with Crippen LogP contribution in [0.4, 0.5) is 5.69 Å². The first-order chi connectivity index (χ1) is 8.51. The number of aromatic hydroxyl groups is 1. The lowest BCUT2D eigenvalue weighted by molar-refractivity contribution is 0.0933. The highest BCUT2D eigenvalue weighted by Gasteiger charge is 2.20. The molecule has 0 saturated carbocycles. The molecule has 2 unspecified atom stereocenters. The number of nitrogen functional groups attached to an aromatic ring is 1. The van der Waals surface area contributed by atoms with Crippen LogP contribution in [0.3, 0.4) is 0 Å². The SMILES string of the molecule is CSC(CO)C(C)NC(=O)c1cccc(N)c1O. The first-order valence-electron chi connectivity index (χ1n) is 5.53. The van der Waals surface area contributed by atoms with Crippen LogP contribution < -0.4 is 11.1 Å². The molecular formula is C12H18N2O3S. The van der Waals surface area contributed by atoms with Crippen molar-refractivity contribution in [2.75, 3.05) is 18.6 Å². The summed E-state index contributed by atoms with van der Waals surface area (Å²) in [7, 11) is 0. The summed E-state index contributed by atoms with van der Waals surface area (Å²) in [6, 6.07) is 4.42. The number of carbonyl (C=O) groups excluding carboxylic acids is 1. The van der Waals surface area contributed by atoms with Crippen molar-refractivity contribution in [1.29, 1.82) is 0 Å². The zero-order valence-electron chi connectivity index (χ0n) is 10.4. The minimum Gasteiger partial charge on any atom is -0.505 e. The molecule has 6 heteroatoms. The van der Waals surface area contributed by atoms with E-state index in [2.05, 4.69) is 5.32 Å². The lowest BCUT2D eigenvalue weighted by Gasteiger charge is -2.21. The molecule has 0 saturated heterocycles. The van der Waals surface area contributed by atoms with Crippen LogP contribution in [0, 0.1) is 0 Å². The van der Waals surface area contributed by atoms with Crippen molar-refractivity contribution in [3.8, 4) is 5.75 Å². The predicted octanol–water partition coefficient (Wildman–Crippen LogP) is 0.817. The summed E-state index contributed by atoms with van der Waals surface area (Å²) in [6.07, 6.45) is 1.86. The predicted molar refractivity (Wildman–Crippen MR) is 73.8 cm³/mol. The Kier molecular flexibility index (Phi) is 5.30. The second kappa shape index (κ2) is 6.51. The molecule has 100 valence electrons. The number of benzene rings is 1. The summed E-state index contributed by atoms with van der Waals surface area (Å²) in [6.45, 7) is 1.78. The fourth-order valence-corrected chi connectivity index (χ4v) is 2.18. The average Bonchev–Trinajstić information content (AvgIpc) is 2.34. The van der Waals surface area contributed by atoms with Gasteiger partial charge in [-0.25, -0.2) is 0 Å². The minimum absolute atomic E-state index is 0.0223. The molecule has 5 N–H and O–H groups in total. The van der Waals surface area contributed by atoms with Gasteiger partial charge >= 0.3 is 0 Å². The number of para-hydroxylation sites is 1. The maximum Gasteiger partial charge on any atom is 0.255 e. The van der Waals surface area contributed by atoms with Crippen molar-refractivity contribution in [1.82, 2.24) is 5.32 Å². The number of nitrogens with two attached hydrogens (primary N) is 1. The van der Waals surface area contributed by atoms with Crippen LogP contribution in [0.2, 0.25) is 0 Å². The molecule has 2 atom stereocenters. The highest BCUT2D eigenvalue weighted by molar-refractivity contribution is 7.99. The maximum absolute atomic E-state index is 11.9. The van der Waals surface area contributed by atoms with Gasteiger partial charge in [0.2, 0.25) is 0 Å². The van der Waals surface area contributed by atoms with Crippen molar-refractivity contribution in [2.24, 2.45) is 0 Å². The Hall–Kier alpha value is -1.40. The zero-order valence-corrected chi connectivity index (χ0v) is 11.2. The number of hydrogen-bond donors (Lipinski definition) is 4. The number of aliphatic hydroxyl groups is 1. The van der Waals surface area contributed by atoms with E-state index in [1.807, 2.05) is 6.26 Å². The fourth-order valence-electron chi connectivity index (χ4n) is 1.56. The number of phenols is 1. The number of amides is 1. The molecule has 0 aliphatic carbocycles. The number of thioether (sulfide) groups is 1. The first kappa shape index (κ1) is 14.7. The van der Waals surface area contributed by atoms with Crippen LogP contribution in [-0.4, -0.2) is 40.3 Å². The third-order valence-corrected chi connectivity index (χ3v) is 3.87. The van der Waals surface area contributed by atoms with Gasteiger partial charge in [-0.2, -0.15) is 11.8 Å². The Bertz CT molecular complexity index is 422. The Balaban J connectivity index is 2.79. The highest BCUT2D eigenvalue weighted by Crippen LogP contribution is 2.24. The molecule has 1 aromatic rings. The minimum atomic E-state index is -0.403. The third kappa shape index (κ3) is 3.30. The van der Waals surface area contributed by atoms with Crippen LogP contribution in [-0.2, 0) is 0 Å². The molecule has 1 rings (SSSR count). The van der Waals surface area contributed by atoms with Crippen molar-refractivity contribution >= 4 is 23.4 Å². The molecule has 0 spiro atoms. The smallest absolute Gasteiger partial charge is 0.255 e. The fraction of sp³-hybridized carbons (Fsp3) is 0.417. The Morgan fingerprint density at radius 2 is 2.22 bits per heavy atom. The standard InChI is InChI=1S/C12H18N2O3S/c1-7(10(6-15)18-2)14-12(17)8-4-3-5-9(13)11(8)16/h3-5,7,10,15-16H,6,13H2,1-2H3,(H,14,17). The van der Waals surface area contributed by atoms with E-state index in [0.29, 0.717) is 0 Å². The molecule has 0 fully saturated rings. The number of nitrogens with one attached hydrogen (secondary N) is 1. The van der Waals surface area contributed by atoms with E-state index in [4.69, 9.17) is 10.8 Å². The number of anilines is 1.